The molecule has 1 N–H and O–H groups in total. The number of allylic oxidation sites excluding steroid dienone is 2. The number of piperidine rings is 1. The third kappa shape index (κ3) is 4.09. The molecular weight excluding hydrogens is 320 g/mol. The maximum atomic E-state index is 12.4. The minimum Gasteiger partial charge on any atom is -0.443 e. The van der Waals surface area contributed by atoms with Gasteiger partial charge >= 0.3 is 6.09 Å². The predicted molar refractivity (Wildman–Crippen MR) is 83.6 cm³/mol. The van der Waals surface area contributed by atoms with Crippen LogP contribution in [0.4, 0.5) is 4.79 Å². The van der Waals surface area contributed by atoms with Gasteiger partial charge in [0.2, 0.25) is 0 Å². The van der Waals surface area contributed by atoms with Crippen LogP contribution in [0.3, 0.4) is 0 Å². The monoisotopic (exact) mass is 342 g/mol. The zero-order chi connectivity index (χ0) is 14.8. The lowest BCUT2D eigenvalue weighted by molar-refractivity contribution is 0.0242. The largest absolute Gasteiger partial charge is 0.443 e. The van der Waals surface area contributed by atoms with Crippen LogP contribution in [0.15, 0.2) is 22.8 Å². The van der Waals surface area contributed by atoms with Gasteiger partial charge in [-0.1, -0.05) is 6.08 Å². The SMILES string of the molecule is CC(C)(C)OC(=O)N1C=C(Br)C=CC1C1CCNCC1. The highest BCUT2D eigenvalue weighted by atomic mass is 79.9. The number of hydrogen-bond donors (Lipinski definition) is 1. The lowest BCUT2D eigenvalue weighted by Crippen LogP contribution is -2.46. The quantitative estimate of drug-likeness (QED) is 0.793. The van der Waals surface area contributed by atoms with Crippen LogP contribution in [0.5, 0.6) is 0 Å². The average Bonchev–Trinajstić information content (AvgIpc) is 2.37. The first-order chi connectivity index (χ1) is 9.37. The number of halogens is 1. The molecule has 1 atom stereocenters. The van der Waals surface area contributed by atoms with E-state index in [4.69, 9.17) is 4.74 Å². The van der Waals surface area contributed by atoms with E-state index in [1.807, 2.05) is 33.0 Å². The van der Waals surface area contributed by atoms with Crippen LogP contribution in [0, 0.1) is 5.92 Å². The summed E-state index contributed by atoms with van der Waals surface area (Å²) in [5, 5.41) is 3.36. The summed E-state index contributed by atoms with van der Waals surface area (Å²) in [7, 11) is 0. The van der Waals surface area contributed by atoms with E-state index in [-0.39, 0.29) is 12.1 Å². The van der Waals surface area contributed by atoms with E-state index < -0.39 is 5.60 Å². The Morgan fingerprint density at radius 1 is 1.40 bits per heavy atom. The predicted octanol–water partition coefficient (Wildman–Crippen LogP) is 3.40. The number of ether oxygens (including phenoxy) is 1. The second-order valence-corrected chi connectivity index (χ2v) is 7.25. The average molecular weight is 343 g/mol. The number of nitrogens with one attached hydrogen (secondary N) is 1. The molecule has 2 aliphatic rings. The molecule has 2 aliphatic heterocycles. The second kappa shape index (κ2) is 6.31. The molecule has 20 heavy (non-hydrogen) atoms. The molecule has 0 aromatic carbocycles. The lowest BCUT2D eigenvalue weighted by atomic mass is 9.88. The van der Waals surface area contributed by atoms with E-state index in [1.165, 1.54) is 0 Å². The molecule has 1 amide bonds. The first kappa shape index (κ1) is 15.6. The first-order valence-electron chi connectivity index (χ1n) is 7.14. The van der Waals surface area contributed by atoms with Crippen molar-refractivity contribution < 1.29 is 9.53 Å². The number of carbonyl (C=O) groups is 1. The molecule has 0 spiro atoms. The van der Waals surface area contributed by atoms with Gasteiger partial charge in [-0.05, 0) is 74.6 Å². The summed E-state index contributed by atoms with van der Waals surface area (Å²) in [6.07, 6.45) is 7.85. The first-order valence-corrected chi connectivity index (χ1v) is 7.94. The molecule has 0 aliphatic carbocycles. The lowest BCUT2D eigenvalue weighted by Gasteiger charge is -2.37. The Morgan fingerprint density at radius 2 is 2.05 bits per heavy atom. The summed E-state index contributed by atoms with van der Waals surface area (Å²) in [6, 6.07) is 0.0910. The second-order valence-electron chi connectivity index (χ2n) is 6.34. The Labute approximate surface area is 129 Å². The van der Waals surface area contributed by atoms with Gasteiger partial charge in [-0.25, -0.2) is 4.79 Å². The molecule has 1 saturated heterocycles. The topological polar surface area (TPSA) is 41.6 Å². The van der Waals surface area contributed by atoms with Gasteiger partial charge in [-0.2, -0.15) is 0 Å². The standard InChI is InChI=1S/C15H23BrN2O2/c1-15(2,3)20-14(19)18-10-12(16)4-5-13(18)11-6-8-17-9-7-11/h4-5,10-11,13,17H,6-9H2,1-3H3. The molecule has 0 aromatic rings. The van der Waals surface area contributed by atoms with Crippen molar-refractivity contribution in [2.24, 2.45) is 5.92 Å². The Kier molecular flexibility index (Phi) is 4.91. The van der Waals surface area contributed by atoms with Gasteiger partial charge in [-0.15, -0.1) is 0 Å². The van der Waals surface area contributed by atoms with Gasteiger partial charge in [-0.3, -0.25) is 4.90 Å². The molecule has 2 heterocycles. The molecule has 2 rings (SSSR count). The van der Waals surface area contributed by atoms with Crippen LogP contribution < -0.4 is 5.32 Å². The van der Waals surface area contributed by atoms with Crippen molar-refractivity contribution in [3.63, 3.8) is 0 Å². The van der Waals surface area contributed by atoms with Gasteiger partial charge in [0.1, 0.15) is 5.60 Å². The smallest absolute Gasteiger partial charge is 0.414 e. The van der Waals surface area contributed by atoms with Crippen LogP contribution in [0.25, 0.3) is 0 Å². The van der Waals surface area contributed by atoms with Crippen molar-refractivity contribution in [1.82, 2.24) is 10.2 Å². The van der Waals surface area contributed by atoms with Gasteiger partial charge in [0.15, 0.2) is 0 Å². The fraction of sp³-hybridized carbons (Fsp3) is 0.667. The molecule has 0 aromatic heterocycles. The van der Waals surface area contributed by atoms with Gasteiger partial charge in [0, 0.05) is 10.7 Å². The highest BCUT2D eigenvalue weighted by Gasteiger charge is 2.33. The van der Waals surface area contributed by atoms with E-state index in [0.717, 1.165) is 30.4 Å². The Bertz CT molecular complexity index is 420. The molecule has 5 heteroatoms. The van der Waals surface area contributed by atoms with Crippen molar-refractivity contribution >= 4 is 22.0 Å². The van der Waals surface area contributed by atoms with Crippen molar-refractivity contribution in [1.29, 1.82) is 0 Å². The van der Waals surface area contributed by atoms with Crippen molar-refractivity contribution in [2.45, 2.75) is 45.3 Å². The van der Waals surface area contributed by atoms with E-state index in [1.54, 1.807) is 4.90 Å². The molecule has 0 radical (unpaired) electrons. The van der Waals surface area contributed by atoms with Crippen LogP contribution >= 0.6 is 15.9 Å². The summed E-state index contributed by atoms with van der Waals surface area (Å²) >= 11 is 3.44. The minimum atomic E-state index is -0.475. The fourth-order valence-electron chi connectivity index (χ4n) is 2.60. The molecule has 0 saturated carbocycles. The summed E-state index contributed by atoms with van der Waals surface area (Å²) in [6.45, 7) is 7.71. The molecular formula is C15H23BrN2O2. The Hall–Kier alpha value is -0.810. The zero-order valence-electron chi connectivity index (χ0n) is 12.4. The van der Waals surface area contributed by atoms with Crippen molar-refractivity contribution in [3.05, 3.63) is 22.8 Å². The molecule has 4 nitrogen and oxygen atoms in total. The van der Waals surface area contributed by atoms with E-state index >= 15 is 0 Å². The van der Waals surface area contributed by atoms with Crippen molar-refractivity contribution in [3.8, 4) is 0 Å². The fourth-order valence-corrected chi connectivity index (χ4v) is 2.98. The highest BCUT2D eigenvalue weighted by molar-refractivity contribution is 9.11. The number of amides is 1. The van der Waals surface area contributed by atoms with E-state index in [0.29, 0.717) is 5.92 Å². The maximum absolute atomic E-state index is 12.4. The summed E-state index contributed by atoms with van der Waals surface area (Å²) < 4.78 is 6.42. The number of rotatable bonds is 1. The van der Waals surface area contributed by atoms with Gasteiger partial charge in [0.05, 0.1) is 6.04 Å². The number of hydrogen-bond acceptors (Lipinski definition) is 3. The minimum absolute atomic E-state index is 0.0910. The molecule has 1 fully saturated rings. The van der Waals surface area contributed by atoms with Crippen LogP contribution in [-0.4, -0.2) is 35.7 Å². The van der Waals surface area contributed by atoms with Gasteiger partial charge < -0.3 is 10.1 Å². The highest BCUT2D eigenvalue weighted by Crippen LogP contribution is 2.29. The van der Waals surface area contributed by atoms with Crippen molar-refractivity contribution in [2.75, 3.05) is 13.1 Å². The Morgan fingerprint density at radius 3 is 2.65 bits per heavy atom. The third-order valence-corrected chi connectivity index (χ3v) is 3.98. The summed E-state index contributed by atoms with van der Waals surface area (Å²) in [5.74, 6) is 0.483. The molecule has 1 unspecified atom stereocenters. The van der Waals surface area contributed by atoms with Crippen LogP contribution in [0.1, 0.15) is 33.6 Å². The van der Waals surface area contributed by atoms with Crippen LogP contribution in [-0.2, 0) is 4.74 Å². The van der Waals surface area contributed by atoms with Crippen LogP contribution in [0.2, 0.25) is 0 Å². The summed E-state index contributed by atoms with van der Waals surface area (Å²) in [5.41, 5.74) is -0.475. The molecule has 112 valence electrons. The molecule has 0 bridgehead atoms. The van der Waals surface area contributed by atoms with Gasteiger partial charge in [0.25, 0.3) is 0 Å². The third-order valence-electron chi connectivity index (χ3n) is 3.51. The number of carbonyl (C=O) groups excluding carboxylic acids is 1. The summed E-state index contributed by atoms with van der Waals surface area (Å²) in [4.78, 5) is 14.1. The maximum Gasteiger partial charge on any atom is 0.414 e. The van der Waals surface area contributed by atoms with E-state index in [2.05, 4.69) is 27.3 Å². The number of nitrogens with zero attached hydrogens (tertiary/aromatic N) is 1. The zero-order valence-corrected chi connectivity index (χ0v) is 13.9. The Balaban J connectivity index is 2.13. The normalized spacial score (nSPS) is 24.5. The van der Waals surface area contributed by atoms with E-state index in [9.17, 15) is 4.79 Å².